The van der Waals surface area contributed by atoms with Crippen LogP contribution in [0.15, 0.2) is 21.9 Å². The molecule has 8 nitrogen and oxygen atoms in total. The molecule has 0 aromatic carbocycles. The van der Waals surface area contributed by atoms with Gasteiger partial charge in [0.2, 0.25) is 0 Å². The van der Waals surface area contributed by atoms with Crippen molar-refractivity contribution in [1.29, 1.82) is 0 Å². The lowest BCUT2D eigenvalue weighted by Gasteiger charge is -2.11. The van der Waals surface area contributed by atoms with E-state index in [2.05, 4.69) is 25.6 Å². The van der Waals surface area contributed by atoms with Gasteiger partial charge in [0.25, 0.3) is 11.5 Å². The predicted octanol–water partition coefficient (Wildman–Crippen LogP) is -0.207. The van der Waals surface area contributed by atoms with E-state index < -0.39 is 11.2 Å². The van der Waals surface area contributed by atoms with Gasteiger partial charge in [-0.1, -0.05) is 0 Å². The summed E-state index contributed by atoms with van der Waals surface area (Å²) in [6.45, 7) is 2.38. The molecule has 2 aromatic rings. The Bertz CT molecular complexity index is 758. The van der Waals surface area contributed by atoms with Crippen molar-refractivity contribution >= 4 is 41.8 Å². The minimum Gasteiger partial charge on any atom is -0.350 e. The van der Waals surface area contributed by atoms with Gasteiger partial charge in [0, 0.05) is 18.8 Å². The Hall–Kier alpha value is -1.90. The maximum Gasteiger partial charge on any atom is 0.327 e. The molecule has 0 bridgehead atoms. The number of fused-ring (bicyclic) bond motifs is 1. The molecule has 0 radical (unpaired) electrons. The third-order valence-corrected chi connectivity index (χ3v) is 2.92. The lowest BCUT2D eigenvalue weighted by molar-refractivity contribution is 0.0950. The molecule has 2 rings (SSSR count). The normalized spacial score (nSPS) is 11.2. The van der Waals surface area contributed by atoms with Gasteiger partial charge in [0.05, 0.1) is 10.9 Å². The topological polar surface area (TPSA) is 120 Å². The molecule has 0 saturated heterocycles. The number of hydrogen-bond acceptors (Lipinski definition) is 5. The maximum absolute atomic E-state index is 11.9. The van der Waals surface area contributed by atoms with Crippen LogP contribution in [-0.4, -0.2) is 40.5 Å². The molecular weight excluding hydrogens is 333 g/mol. The van der Waals surface area contributed by atoms with Crippen LogP contribution in [-0.2, 0) is 0 Å². The van der Waals surface area contributed by atoms with Crippen molar-refractivity contribution < 1.29 is 4.79 Å². The van der Waals surface area contributed by atoms with E-state index in [1.54, 1.807) is 7.05 Å². The van der Waals surface area contributed by atoms with Crippen LogP contribution in [0.2, 0.25) is 0 Å². The fraction of sp³-hybridized carbons (Fsp3) is 0.333. The molecule has 0 aliphatic rings. The summed E-state index contributed by atoms with van der Waals surface area (Å²) in [5.41, 5.74) is -0.790. The summed E-state index contributed by atoms with van der Waals surface area (Å²) in [7, 11) is 1.80. The van der Waals surface area contributed by atoms with Crippen LogP contribution in [0.4, 0.5) is 0 Å². The first-order valence-electron chi connectivity index (χ1n) is 6.09. The summed E-state index contributed by atoms with van der Waals surface area (Å²) in [5, 5.41) is 5.88. The molecule has 2 heterocycles. The zero-order valence-electron chi connectivity index (χ0n) is 11.9. The zero-order chi connectivity index (χ0) is 14.7. The van der Waals surface area contributed by atoms with E-state index in [9.17, 15) is 14.4 Å². The predicted molar refractivity (Wildman–Crippen MR) is 88.3 cm³/mol. The van der Waals surface area contributed by atoms with E-state index in [1.807, 2.05) is 6.92 Å². The molecular formula is C12H17Cl2N5O3. The van der Waals surface area contributed by atoms with Crippen molar-refractivity contribution in [3.63, 3.8) is 0 Å². The first kappa shape index (κ1) is 20.1. The Morgan fingerprint density at radius 2 is 2.00 bits per heavy atom. The summed E-state index contributed by atoms with van der Waals surface area (Å²) in [4.78, 5) is 43.1. The van der Waals surface area contributed by atoms with Gasteiger partial charge in [0.15, 0.2) is 0 Å². The molecule has 0 saturated carbocycles. The minimum absolute atomic E-state index is 0. The third kappa shape index (κ3) is 4.55. The van der Waals surface area contributed by atoms with Crippen LogP contribution >= 0.6 is 24.8 Å². The van der Waals surface area contributed by atoms with E-state index in [-0.39, 0.29) is 53.4 Å². The van der Waals surface area contributed by atoms with E-state index in [1.165, 1.54) is 12.3 Å². The van der Waals surface area contributed by atoms with Gasteiger partial charge in [-0.05, 0) is 20.0 Å². The lowest BCUT2D eigenvalue weighted by atomic mass is 10.2. The quantitative estimate of drug-likeness (QED) is 0.608. The standard InChI is InChI=1S/C12H15N5O3.2ClH/c1-6(13-2)4-15-10(18)7-3-8-9(14-5-7)16-12(20)17-11(8)19;;/h3,5-6,13H,4H2,1-2H3,(H,15,18)(H2,14,16,17,19,20);2*1H. The highest BCUT2D eigenvalue weighted by Crippen LogP contribution is 2.05. The first-order valence-corrected chi connectivity index (χ1v) is 6.09. The molecule has 2 aromatic heterocycles. The average molecular weight is 350 g/mol. The van der Waals surface area contributed by atoms with Crippen molar-refractivity contribution in [2.75, 3.05) is 13.6 Å². The number of halogens is 2. The van der Waals surface area contributed by atoms with Crippen molar-refractivity contribution in [3.05, 3.63) is 38.7 Å². The molecule has 1 amide bonds. The number of rotatable bonds is 4. The molecule has 0 spiro atoms. The van der Waals surface area contributed by atoms with Gasteiger partial charge in [-0.15, -0.1) is 24.8 Å². The fourth-order valence-corrected chi connectivity index (χ4v) is 1.62. The number of hydrogen-bond donors (Lipinski definition) is 4. The second-order valence-corrected chi connectivity index (χ2v) is 4.43. The summed E-state index contributed by atoms with van der Waals surface area (Å²) in [6, 6.07) is 1.53. The molecule has 122 valence electrons. The molecule has 1 unspecified atom stereocenters. The SMILES string of the molecule is CNC(C)CNC(=O)c1cnc2[nH]c(=O)[nH]c(=O)c2c1.Cl.Cl. The average Bonchev–Trinajstić information content (AvgIpc) is 2.43. The molecule has 0 fully saturated rings. The summed E-state index contributed by atoms with van der Waals surface area (Å²) >= 11 is 0. The molecule has 4 N–H and O–H groups in total. The van der Waals surface area contributed by atoms with E-state index >= 15 is 0 Å². The van der Waals surface area contributed by atoms with Crippen molar-refractivity contribution in [2.45, 2.75) is 13.0 Å². The van der Waals surface area contributed by atoms with Crippen LogP contribution in [0, 0.1) is 0 Å². The first-order chi connectivity index (χ1) is 9.51. The smallest absolute Gasteiger partial charge is 0.327 e. The fourth-order valence-electron chi connectivity index (χ4n) is 1.62. The third-order valence-electron chi connectivity index (χ3n) is 2.92. The van der Waals surface area contributed by atoms with Gasteiger partial charge in [-0.3, -0.25) is 19.6 Å². The Labute approximate surface area is 137 Å². The number of amides is 1. The number of H-pyrrole nitrogens is 2. The number of nitrogens with one attached hydrogen (secondary N) is 4. The van der Waals surface area contributed by atoms with Crippen LogP contribution in [0.3, 0.4) is 0 Å². The molecule has 10 heteroatoms. The summed E-state index contributed by atoms with van der Waals surface area (Å²) in [5.74, 6) is -0.327. The number of aromatic amines is 2. The Balaban J connectivity index is 0.00000220. The van der Waals surface area contributed by atoms with Crippen molar-refractivity contribution in [3.8, 4) is 0 Å². The Morgan fingerprint density at radius 3 is 2.64 bits per heavy atom. The van der Waals surface area contributed by atoms with Gasteiger partial charge in [0.1, 0.15) is 5.65 Å². The highest BCUT2D eigenvalue weighted by molar-refractivity contribution is 5.96. The van der Waals surface area contributed by atoms with Crippen LogP contribution in [0.5, 0.6) is 0 Å². The second kappa shape index (κ2) is 8.52. The Morgan fingerprint density at radius 1 is 1.32 bits per heavy atom. The zero-order valence-corrected chi connectivity index (χ0v) is 13.6. The molecule has 22 heavy (non-hydrogen) atoms. The lowest BCUT2D eigenvalue weighted by Crippen LogP contribution is -2.37. The van der Waals surface area contributed by atoms with Crippen molar-refractivity contribution in [1.82, 2.24) is 25.6 Å². The number of likely N-dealkylation sites (N-methyl/N-ethyl adjacent to an activating group) is 1. The Kier molecular flexibility index (Phi) is 7.78. The van der Waals surface area contributed by atoms with E-state index in [4.69, 9.17) is 0 Å². The largest absolute Gasteiger partial charge is 0.350 e. The summed E-state index contributed by atoms with van der Waals surface area (Å²) in [6.07, 6.45) is 1.32. The van der Waals surface area contributed by atoms with Gasteiger partial charge < -0.3 is 10.6 Å². The molecule has 0 aliphatic carbocycles. The monoisotopic (exact) mass is 349 g/mol. The number of pyridine rings is 1. The highest BCUT2D eigenvalue weighted by Gasteiger charge is 2.10. The van der Waals surface area contributed by atoms with Crippen LogP contribution in [0.1, 0.15) is 17.3 Å². The van der Waals surface area contributed by atoms with E-state index in [0.29, 0.717) is 6.54 Å². The second-order valence-electron chi connectivity index (χ2n) is 4.43. The number of carbonyl (C=O) groups excluding carboxylic acids is 1. The number of nitrogens with zero attached hydrogens (tertiary/aromatic N) is 1. The molecule has 0 aliphatic heterocycles. The molecule has 1 atom stereocenters. The van der Waals surface area contributed by atoms with Gasteiger partial charge in [-0.2, -0.15) is 0 Å². The van der Waals surface area contributed by atoms with Gasteiger partial charge in [-0.25, -0.2) is 9.78 Å². The number of aromatic nitrogens is 3. The van der Waals surface area contributed by atoms with Gasteiger partial charge >= 0.3 is 5.69 Å². The minimum atomic E-state index is -0.630. The highest BCUT2D eigenvalue weighted by atomic mass is 35.5. The summed E-state index contributed by atoms with van der Waals surface area (Å²) < 4.78 is 0. The van der Waals surface area contributed by atoms with E-state index in [0.717, 1.165) is 0 Å². The van der Waals surface area contributed by atoms with Crippen molar-refractivity contribution in [2.24, 2.45) is 0 Å². The maximum atomic E-state index is 11.9. The number of carbonyl (C=O) groups is 1. The van der Waals surface area contributed by atoms with Crippen LogP contribution in [0.25, 0.3) is 11.0 Å². The van der Waals surface area contributed by atoms with Crippen LogP contribution < -0.4 is 21.9 Å².